The van der Waals surface area contributed by atoms with Crippen molar-refractivity contribution in [3.05, 3.63) is 48.5 Å². The molecule has 25 heavy (non-hydrogen) atoms. The summed E-state index contributed by atoms with van der Waals surface area (Å²) in [7, 11) is 0. The van der Waals surface area contributed by atoms with Gasteiger partial charge in [-0.15, -0.1) is 0 Å². The molecule has 0 saturated carbocycles. The Labute approximate surface area is 149 Å². The van der Waals surface area contributed by atoms with E-state index < -0.39 is 0 Å². The summed E-state index contributed by atoms with van der Waals surface area (Å²) in [5.74, 6) is 2.11. The zero-order valence-electron chi connectivity index (χ0n) is 15.3. The Balaban J connectivity index is 2.01. The van der Waals surface area contributed by atoms with E-state index >= 15 is 0 Å². The average Bonchev–Trinajstić information content (AvgIpc) is 2.54. The SMILES string of the molecule is CCOc1ccc(Oc2ccccc2NCC(=O)NC(C)(C)C)cc1. The highest BCUT2D eigenvalue weighted by atomic mass is 16.5. The molecule has 1 amide bonds. The van der Waals surface area contributed by atoms with Crippen molar-refractivity contribution < 1.29 is 14.3 Å². The van der Waals surface area contributed by atoms with Gasteiger partial charge < -0.3 is 20.1 Å². The molecule has 0 unspecified atom stereocenters. The second-order valence-electron chi connectivity index (χ2n) is 6.65. The number of anilines is 1. The van der Waals surface area contributed by atoms with Crippen LogP contribution in [0.25, 0.3) is 0 Å². The predicted octanol–water partition coefficient (Wildman–Crippen LogP) is 4.20. The van der Waals surface area contributed by atoms with Gasteiger partial charge in [-0.3, -0.25) is 4.79 Å². The first-order valence-electron chi connectivity index (χ1n) is 8.42. The third-order valence-corrected chi connectivity index (χ3v) is 3.20. The summed E-state index contributed by atoms with van der Waals surface area (Å²) in [5.41, 5.74) is 0.511. The number of benzene rings is 2. The van der Waals surface area contributed by atoms with Crippen LogP contribution in [-0.2, 0) is 4.79 Å². The Morgan fingerprint density at radius 1 is 1.00 bits per heavy atom. The van der Waals surface area contributed by atoms with E-state index in [0.717, 1.165) is 11.4 Å². The van der Waals surface area contributed by atoms with Gasteiger partial charge >= 0.3 is 0 Å². The molecule has 5 nitrogen and oxygen atoms in total. The molecular formula is C20H26N2O3. The third-order valence-electron chi connectivity index (χ3n) is 3.20. The van der Waals surface area contributed by atoms with Crippen LogP contribution in [0.1, 0.15) is 27.7 Å². The number of para-hydroxylation sites is 2. The van der Waals surface area contributed by atoms with Gasteiger partial charge in [-0.05, 0) is 64.1 Å². The van der Waals surface area contributed by atoms with Crippen LogP contribution in [0.3, 0.4) is 0 Å². The Morgan fingerprint density at radius 3 is 2.28 bits per heavy atom. The predicted molar refractivity (Wildman–Crippen MR) is 101 cm³/mol. The zero-order chi connectivity index (χ0) is 18.3. The Morgan fingerprint density at radius 2 is 1.64 bits per heavy atom. The van der Waals surface area contributed by atoms with Crippen LogP contribution in [0.2, 0.25) is 0 Å². The molecule has 0 spiro atoms. The van der Waals surface area contributed by atoms with Crippen LogP contribution in [0.4, 0.5) is 5.69 Å². The number of hydrogen-bond donors (Lipinski definition) is 2. The number of hydrogen-bond acceptors (Lipinski definition) is 4. The lowest BCUT2D eigenvalue weighted by Gasteiger charge is -2.21. The number of carbonyl (C=O) groups is 1. The van der Waals surface area contributed by atoms with Gasteiger partial charge in [-0.25, -0.2) is 0 Å². The number of amides is 1. The first-order valence-corrected chi connectivity index (χ1v) is 8.42. The highest BCUT2D eigenvalue weighted by molar-refractivity contribution is 5.81. The molecule has 0 fully saturated rings. The molecule has 2 aromatic carbocycles. The molecule has 2 N–H and O–H groups in total. The molecule has 0 heterocycles. The van der Waals surface area contributed by atoms with Crippen LogP contribution in [0.15, 0.2) is 48.5 Å². The fraction of sp³-hybridized carbons (Fsp3) is 0.350. The molecule has 5 heteroatoms. The first-order chi connectivity index (χ1) is 11.9. The zero-order valence-corrected chi connectivity index (χ0v) is 15.3. The van der Waals surface area contributed by atoms with Gasteiger partial charge in [0.05, 0.1) is 18.8 Å². The quantitative estimate of drug-likeness (QED) is 0.791. The van der Waals surface area contributed by atoms with E-state index in [-0.39, 0.29) is 18.0 Å². The minimum atomic E-state index is -0.253. The van der Waals surface area contributed by atoms with E-state index in [1.54, 1.807) is 0 Å². The summed E-state index contributed by atoms with van der Waals surface area (Å²) in [6, 6.07) is 15.0. The summed E-state index contributed by atoms with van der Waals surface area (Å²) in [6.45, 7) is 8.61. The second-order valence-corrected chi connectivity index (χ2v) is 6.65. The van der Waals surface area contributed by atoms with Crippen molar-refractivity contribution in [2.24, 2.45) is 0 Å². The van der Waals surface area contributed by atoms with Crippen LogP contribution < -0.4 is 20.1 Å². The van der Waals surface area contributed by atoms with Gasteiger partial charge in [0.25, 0.3) is 0 Å². The van der Waals surface area contributed by atoms with Gasteiger partial charge in [0.1, 0.15) is 11.5 Å². The van der Waals surface area contributed by atoms with Crippen molar-refractivity contribution in [3.8, 4) is 17.2 Å². The standard InChI is InChI=1S/C20H26N2O3/c1-5-24-15-10-12-16(13-11-15)25-18-9-7-6-8-17(18)21-14-19(23)22-20(2,3)4/h6-13,21H,5,14H2,1-4H3,(H,22,23). The molecule has 0 aliphatic rings. The lowest BCUT2D eigenvalue weighted by Crippen LogP contribution is -2.43. The van der Waals surface area contributed by atoms with E-state index in [4.69, 9.17) is 9.47 Å². The van der Waals surface area contributed by atoms with Crippen LogP contribution >= 0.6 is 0 Å². The number of nitrogens with one attached hydrogen (secondary N) is 2. The van der Waals surface area contributed by atoms with E-state index in [0.29, 0.717) is 18.1 Å². The summed E-state index contributed by atoms with van der Waals surface area (Å²) in [4.78, 5) is 12.0. The van der Waals surface area contributed by atoms with E-state index in [2.05, 4.69) is 10.6 Å². The van der Waals surface area contributed by atoms with E-state index in [1.807, 2.05) is 76.2 Å². The first kappa shape index (κ1) is 18.6. The van der Waals surface area contributed by atoms with Gasteiger partial charge in [-0.2, -0.15) is 0 Å². The van der Waals surface area contributed by atoms with Crippen molar-refractivity contribution >= 4 is 11.6 Å². The minimum Gasteiger partial charge on any atom is -0.494 e. The molecule has 0 aromatic heterocycles. The topological polar surface area (TPSA) is 59.6 Å². The van der Waals surface area contributed by atoms with Crippen LogP contribution in [0, 0.1) is 0 Å². The van der Waals surface area contributed by atoms with Crippen LogP contribution in [0.5, 0.6) is 17.2 Å². The summed E-state index contributed by atoms with van der Waals surface area (Å²) < 4.78 is 11.4. The third kappa shape index (κ3) is 6.37. The fourth-order valence-corrected chi connectivity index (χ4v) is 2.24. The number of rotatable bonds is 7. The lowest BCUT2D eigenvalue weighted by molar-refractivity contribution is -0.120. The molecular weight excluding hydrogens is 316 g/mol. The van der Waals surface area contributed by atoms with Gasteiger partial charge in [0.2, 0.25) is 5.91 Å². The molecule has 0 radical (unpaired) electrons. The summed E-state index contributed by atoms with van der Waals surface area (Å²) >= 11 is 0. The molecule has 2 aromatic rings. The monoisotopic (exact) mass is 342 g/mol. The smallest absolute Gasteiger partial charge is 0.239 e. The summed E-state index contributed by atoms with van der Waals surface area (Å²) in [6.07, 6.45) is 0. The van der Waals surface area contributed by atoms with Crippen molar-refractivity contribution in [2.45, 2.75) is 33.2 Å². The largest absolute Gasteiger partial charge is 0.494 e. The molecule has 134 valence electrons. The van der Waals surface area contributed by atoms with Crippen molar-refractivity contribution in [1.29, 1.82) is 0 Å². The molecule has 0 atom stereocenters. The second kappa shape index (κ2) is 8.42. The van der Waals surface area contributed by atoms with E-state index in [1.165, 1.54) is 0 Å². The maximum absolute atomic E-state index is 12.0. The molecule has 0 aliphatic carbocycles. The molecule has 0 saturated heterocycles. The fourth-order valence-electron chi connectivity index (χ4n) is 2.24. The maximum Gasteiger partial charge on any atom is 0.239 e. The number of ether oxygens (including phenoxy) is 2. The summed E-state index contributed by atoms with van der Waals surface area (Å²) in [5, 5.41) is 6.05. The van der Waals surface area contributed by atoms with Crippen LogP contribution in [-0.4, -0.2) is 24.6 Å². The molecule has 2 rings (SSSR count). The highest BCUT2D eigenvalue weighted by Crippen LogP contribution is 2.30. The average molecular weight is 342 g/mol. The normalized spacial score (nSPS) is 10.9. The molecule has 0 aliphatic heterocycles. The Hall–Kier alpha value is -2.69. The highest BCUT2D eigenvalue weighted by Gasteiger charge is 2.14. The van der Waals surface area contributed by atoms with Crippen molar-refractivity contribution in [1.82, 2.24) is 5.32 Å². The van der Waals surface area contributed by atoms with Gasteiger partial charge in [-0.1, -0.05) is 12.1 Å². The van der Waals surface area contributed by atoms with Gasteiger partial charge in [0.15, 0.2) is 5.75 Å². The van der Waals surface area contributed by atoms with Gasteiger partial charge in [0, 0.05) is 5.54 Å². The lowest BCUT2D eigenvalue weighted by atomic mass is 10.1. The van der Waals surface area contributed by atoms with Crippen molar-refractivity contribution in [3.63, 3.8) is 0 Å². The maximum atomic E-state index is 12.0. The molecule has 0 bridgehead atoms. The Bertz CT molecular complexity index is 691. The van der Waals surface area contributed by atoms with E-state index in [9.17, 15) is 4.79 Å². The minimum absolute atomic E-state index is 0.0663. The van der Waals surface area contributed by atoms with Crippen molar-refractivity contribution in [2.75, 3.05) is 18.5 Å². The Kier molecular flexibility index (Phi) is 6.28. The number of carbonyl (C=O) groups excluding carboxylic acids is 1.